The fourth-order valence-electron chi connectivity index (χ4n) is 4.40. The minimum absolute atomic E-state index is 0.164. The van der Waals surface area contributed by atoms with E-state index in [9.17, 15) is 4.79 Å². The standard InChI is InChI=1S/C19H36N4O2/c1-19(2,3)25-18(24)23-12-10-22(11-13-23)17-14-20-7-6-16(17)15-21-8-4-5-9-21/h16-17,20H,4-15H2,1-3H3. The molecule has 3 fully saturated rings. The van der Waals surface area contributed by atoms with Crippen LogP contribution >= 0.6 is 0 Å². The van der Waals surface area contributed by atoms with Crippen LogP contribution in [0, 0.1) is 5.92 Å². The topological polar surface area (TPSA) is 48.1 Å². The van der Waals surface area contributed by atoms with Crippen molar-refractivity contribution in [3.63, 3.8) is 0 Å². The lowest BCUT2D eigenvalue weighted by atomic mass is 9.90. The summed E-state index contributed by atoms with van der Waals surface area (Å²) in [5, 5.41) is 3.59. The van der Waals surface area contributed by atoms with Gasteiger partial charge in [0.1, 0.15) is 5.60 Å². The summed E-state index contributed by atoms with van der Waals surface area (Å²) in [7, 11) is 0. The van der Waals surface area contributed by atoms with Crippen molar-refractivity contribution >= 4 is 6.09 Å². The van der Waals surface area contributed by atoms with Crippen LogP contribution in [0.2, 0.25) is 0 Å². The molecule has 3 aliphatic heterocycles. The van der Waals surface area contributed by atoms with Crippen molar-refractivity contribution in [1.82, 2.24) is 20.0 Å². The Morgan fingerprint density at radius 2 is 1.76 bits per heavy atom. The van der Waals surface area contributed by atoms with Crippen LogP contribution < -0.4 is 5.32 Å². The van der Waals surface area contributed by atoms with E-state index in [0.717, 1.165) is 45.2 Å². The van der Waals surface area contributed by atoms with Gasteiger partial charge in [-0.15, -0.1) is 0 Å². The predicted octanol–water partition coefficient (Wildman–Crippen LogP) is 1.61. The summed E-state index contributed by atoms with van der Waals surface area (Å²) in [5.74, 6) is 0.757. The van der Waals surface area contributed by atoms with Gasteiger partial charge in [0.25, 0.3) is 0 Å². The molecule has 3 saturated heterocycles. The van der Waals surface area contributed by atoms with Crippen LogP contribution in [-0.4, -0.2) is 91.3 Å². The second kappa shape index (κ2) is 8.23. The van der Waals surface area contributed by atoms with Crippen molar-refractivity contribution in [3.05, 3.63) is 0 Å². The number of piperazine rings is 1. The average molecular weight is 353 g/mol. The molecule has 3 aliphatic rings. The summed E-state index contributed by atoms with van der Waals surface area (Å²) in [5.41, 5.74) is -0.414. The van der Waals surface area contributed by atoms with Crippen LogP contribution in [-0.2, 0) is 4.74 Å². The first kappa shape index (κ1) is 18.9. The van der Waals surface area contributed by atoms with Gasteiger partial charge >= 0.3 is 6.09 Å². The molecule has 3 heterocycles. The summed E-state index contributed by atoms with van der Waals surface area (Å²) in [6, 6.07) is 0.607. The third-order valence-corrected chi connectivity index (χ3v) is 5.72. The third kappa shape index (κ3) is 5.31. The molecule has 6 heteroatoms. The Morgan fingerprint density at radius 3 is 2.40 bits per heavy atom. The predicted molar refractivity (Wildman–Crippen MR) is 99.8 cm³/mol. The Kier molecular flexibility index (Phi) is 6.23. The van der Waals surface area contributed by atoms with Crippen molar-refractivity contribution in [1.29, 1.82) is 0 Å². The Labute approximate surface area is 152 Å². The van der Waals surface area contributed by atoms with Gasteiger partial charge in [0.05, 0.1) is 0 Å². The number of rotatable bonds is 3. The van der Waals surface area contributed by atoms with E-state index < -0.39 is 5.60 Å². The first-order valence-electron chi connectivity index (χ1n) is 10.1. The molecule has 0 aromatic carbocycles. The smallest absolute Gasteiger partial charge is 0.410 e. The Morgan fingerprint density at radius 1 is 1.08 bits per heavy atom. The van der Waals surface area contributed by atoms with Crippen LogP contribution in [0.5, 0.6) is 0 Å². The molecule has 25 heavy (non-hydrogen) atoms. The maximum Gasteiger partial charge on any atom is 0.410 e. The number of likely N-dealkylation sites (tertiary alicyclic amines) is 1. The number of nitrogens with one attached hydrogen (secondary N) is 1. The van der Waals surface area contributed by atoms with E-state index in [0.29, 0.717) is 6.04 Å². The first-order chi connectivity index (χ1) is 11.9. The van der Waals surface area contributed by atoms with Gasteiger partial charge < -0.3 is 19.9 Å². The monoisotopic (exact) mass is 352 g/mol. The van der Waals surface area contributed by atoms with Crippen molar-refractivity contribution < 1.29 is 9.53 Å². The first-order valence-corrected chi connectivity index (χ1v) is 10.1. The van der Waals surface area contributed by atoms with E-state index in [1.54, 1.807) is 0 Å². The number of nitrogens with zero attached hydrogens (tertiary/aromatic N) is 3. The van der Waals surface area contributed by atoms with Crippen LogP contribution in [0.1, 0.15) is 40.0 Å². The van der Waals surface area contributed by atoms with Gasteiger partial charge in [-0.3, -0.25) is 4.90 Å². The van der Waals surface area contributed by atoms with Crippen LogP contribution in [0.15, 0.2) is 0 Å². The number of amides is 1. The van der Waals surface area contributed by atoms with Crippen molar-refractivity contribution in [2.75, 3.05) is 58.9 Å². The maximum atomic E-state index is 12.3. The summed E-state index contributed by atoms with van der Waals surface area (Å²) in [4.78, 5) is 19.4. The molecule has 3 rings (SSSR count). The maximum absolute atomic E-state index is 12.3. The zero-order valence-corrected chi connectivity index (χ0v) is 16.3. The van der Waals surface area contributed by atoms with Gasteiger partial charge in [-0.2, -0.15) is 0 Å². The number of piperidine rings is 1. The average Bonchev–Trinajstić information content (AvgIpc) is 3.07. The van der Waals surface area contributed by atoms with E-state index in [-0.39, 0.29) is 6.09 Å². The van der Waals surface area contributed by atoms with Gasteiger partial charge in [-0.05, 0) is 65.6 Å². The van der Waals surface area contributed by atoms with Gasteiger partial charge in [-0.25, -0.2) is 4.79 Å². The van der Waals surface area contributed by atoms with Gasteiger partial charge in [0.2, 0.25) is 0 Å². The minimum Gasteiger partial charge on any atom is -0.444 e. The van der Waals surface area contributed by atoms with Crippen molar-refractivity contribution in [2.24, 2.45) is 5.92 Å². The highest BCUT2D eigenvalue weighted by atomic mass is 16.6. The largest absolute Gasteiger partial charge is 0.444 e. The molecule has 2 atom stereocenters. The van der Waals surface area contributed by atoms with E-state index in [4.69, 9.17) is 4.74 Å². The second-order valence-corrected chi connectivity index (χ2v) is 8.83. The Bertz CT molecular complexity index is 437. The van der Waals surface area contributed by atoms with E-state index >= 15 is 0 Å². The lowest BCUT2D eigenvalue weighted by molar-refractivity contribution is 0.00265. The summed E-state index contributed by atoms with van der Waals surface area (Å²) in [6.07, 6.45) is 3.84. The molecule has 144 valence electrons. The van der Waals surface area contributed by atoms with Crippen LogP contribution in [0.25, 0.3) is 0 Å². The Balaban J connectivity index is 1.50. The molecular weight excluding hydrogens is 316 g/mol. The highest BCUT2D eigenvalue weighted by molar-refractivity contribution is 5.68. The molecule has 1 amide bonds. The number of carbonyl (C=O) groups is 1. The van der Waals surface area contributed by atoms with Crippen LogP contribution in [0.4, 0.5) is 4.79 Å². The molecule has 0 bridgehead atoms. The van der Waals surface area contributed by atoms with Gasteiger partial charge in [-0.1, -0.05) is 0 Å². The zero-order valence-electron chi connectivity index (χ0n) is 16.3. The summed E-state index contributed by atoms with van der Waals surface area (Å²) in [6.45, 7) is 15.3. The fraction of sp³-hybridized carbons (Fsp3) is 0.947. The minimum atomic E-state index is -0.414. The van der Waals surface area contributed by atoms with E-state index in [1.165, 1.54) is 38.9 Å². The highest BCUT2D eigenvalue weighted by Gasteiger charge is 2.34. The normalized spacial score (nSPS) is 29.8. The summed E-state index contributed by atoms with van der Waals surface area (Å²) >= 11 is 0. The lowest BCUT2D eigenvalue weighted by Crippen LogP contribution is -2.59. The van der Waals surface area contributed by atoms with Crippen molar-refractivity contribution in [3.8, 4) is 0 Å². The third-order valence-electron chi connectivity index (χ3n) is 5.72. The number of hydrogen-bond donors (Lipinski definition) is 1. The molecule has 0 radical (unpaired) electrons. The molecule has 0 aromatic rings. The van der Waals surface area contributed by atoms with Gasteiger partial charge in [0.15, 0.2) is 0 Å². The highest BCUT2D eigenvalue weighted by Crippen LogP contribution is 2.23. The number of carbonyl (C=O) groups excluding carboxylic acids is 1. The van der Waals surface area contributed by atoms with E-state index in [2.05, 4.69) is 15.1 Å². The SMILES string of the molecule is CC(C)(C)OC(=O)N1CCN(C2CNCCC2CN2CCCC2)CC1. The molecule has 1 N–H and O–H groups in total. The quantitative estimate of drug-likeness (QED) is 0.836. The molecule has 0 saturated carbocycles. The van der Waals surface area contributed by atoms with E-state index in [1.807, 2.05) is 25.7 Å². The summed E-state index contributed by atoms with van der Waals surface area (Å²) < 4.78 is 5.52. The molecular formula is C19H36N4O2. The Hall–Kier alpha value is -0.850. The fourth-order valence-corrected chi connectivity index (χ4v) is 4.40. The molecule has 0 aliphatic carbocycles. The molecule has 2 unspecified atom stereocenters. The van der Waals surface area contributed by atoms with Crippen LogP contribution in [0.3, 0.4) is 0 Å². The van der Waals surface area contributed by atoms with Crippen molar-refractivity contribution in [2.45, 2.75) is 51.7 Å². The zero-order chi connectivity index (χ0) is 17.9. The van der Waals surface area contributed by atoms with Gasteiger partial charge in [0, 0.05) is 45.3 Å². The second-order valence-electron chi connectivity index (χ2n) is 8.83. The lowest BCUT2D eigenvalue weighted by Gasteiger charge is -2.45. The molecule has 6 nitrogen and oxygen atoms in total. The molecule has 0 spiro atoms. The molecule has 0 aromatic heterocycles. The number of hydrogen-bond acceptors (Lipinski definition) is 5. The number of ether oxygens (including phenoxy) is 1.